The van der Waals surface area contributed by atoms with Gasteiger partial charge >= 0.3 is 6.09 Å². The smallest absolute Gasteiger partial charge is 0.411 e. The average molecular weight is 285 g/mol. The Hall–Kier alpha value is -1.07. The van der Waals surface area contributed by atoms with Crippen molar-refractivity contribution in [1.29, 1.82) is 0 Å². The highest BCUT2D eigenvalue weighted by Gasteiger charge is 2.38. The van der Waals surface area contributed by atoms with E-state index in [1.165, 1.54) is 0 Å². The summed E-state index contributed by atoms with van der Waals surface area (Å²) < 4.78 is 16.1. The summed E-state index contributed by atoms with van der Waals surface area (Å²) in [5, 5.41) is 0. The van der Waals surface area contributed by atoms with Gasteiger partial charge < -0.3 is 14.2 Å². The minimum atomic E-state index is -0.511. The highest BCUT2D eigenvalue weighted by molar-refractivity contribution is 5.69. The Bertz CT molecular complexity index is 337. The highest BCUT2D eigenvalue weighted by Crippen LogP contribution is 2.28. The van der Waals surface area contributed by atoms with E-state index in [-0.39, 0.29) is 31.1 Å². The predicted octanol–water partition coefficient (Wildman–Crippen LogP) is 2.95. The quantitative estimate of drug-likeness (QED) is 0.588. The third kappa shape index (κ3) is 4.49. The number of amides is 1. The van der Waals surface area contributed by atoms with Crippen LogP contribution in [0.1, 0.15) is 40.5 Å². The van der Waals surface area contributed by atoms with Crippen LogP contribution in [0.25, 0.3) is 0 Å². The molecule has 1 rings (SSSR count). The number of likely N-dealkylation sites (tertiary alicyclic amines) is 1. The lowest BCUT2D eigenvalue weighted by molar-refractivity contribution is -0.116. The van der Waals surface area contributed by atoms with Gasteiger partial charge in [-0.1, -0.05) is 6.08 Å². The molecule has 116 valence electrons. The second-order valence-electron chi connectivity index (χ2n) is 6.12. The van der Waals surface area contributed by atoms with Gasteiger partial charge in [-0.05, 0) is 40.5 Å². The number of hydrogen-bond acceptors (Lipinski definition) is 4. The van der Waals surface area contributed by atoms with Gasteiger partial charge in [-0.15, -0.1) is 6.58 Å². The number of rotatable bonds is 4. The third-order valence-electron chi connectivity index (χ3n) is 3.36. The summed E-state index contributed by atoms with van der Waals surface area (Å²) in [6.45, 7) is 11.6. The number of hydrogen-bond donors (Lipinski definition) is 0. The van der Waals surface area contributed by atoms with Gasteiger partial charge in [0.2, 0.25) is 0 Å². The number of ether oxygens (including phenoxy) is 3. The zero-order valence-electron chi connectivity index (χ0n) is 13.2. The lowest BCUT2D eigenvalue weighted by Crippen LogP contribution is -2.55. The van der Waals surface area contributed by atoms with Crippen LogP contribution in [-0.2, 0) is 14.2 Å². The standard InChI is InChI=1S/C15H27NO4/c1-7-12-8-9-13(19-10-18-6)11(2)16(12)14(17)20-15(3,4)5/h7,11-13H,1,8-10H2,2-6H3/t11-,12+,13-/m1/s1. The summed E-state index contributed by atoms with van der Waals surface area (Å²) in [6.07, 6.45) is 3.13. The van der Waals surface area contributed by atoms with Gasteiger partial charge in [-0.25, -0.2) is 4.79 Å². The van der Waals surface area contributed by atoms with Crippen molar-refractivity contribution < 1.29 is 19.0 Å². The van der Waals surface area contributed by atoms with E-state index >= 15 is 0 Å². The Balaban J connectivity index is 2.80. The maximum absolute atomic E-state index is 12.4. The Labute approximate surface area is 121 Å². The number of piperidine rings is 1. The van der Waals surface area contributed by atoms with E-state index in [1.807, 2.05) is 27.7 Å². The van der Waals surface area contributed by atoms with Crippen LogP contribution in [0.2, 0.25) is 0 Å². The van der Waals surface area contributed by atoms with Crippen LogP contribution in [0.4, 0.5) is 4.79 Å². The first-order valence-electron chi connectivity index (χ1n) is 7.04. The van der Waals surface area contributed by atoms with Crippen molar-refractivity contribution >= 4 is 6.09 Å². The molecule has 1 amide bonds. The Morgan fingerprint density at radius 3 is 2.55 bits per heavy atom. The molecule has 5 nitrogen and oxygen atoms in total. The monoisotopic (exact) mass is 285 g/mol. The van der Waals surface area contributed by atoms with E-state index in [2.05, 4.69) is 6.58 Å². The molecule has 0 radical (unpaired) electrons. The maximum Gasteiger partial charge on any atom is 0.411 e. The van der Waals surface area contributed by atoms with Crippen LogP contribution >= 0.6 is 0 Å². The van der Waals surface area contributed by atoms with Crippen molar-refractivity contribution in [3.63, 3.8) is 0 Å². The number of nitrogens with zero attached hydrogens (tertiary/aromatic N) is 1. The summed E-state index contributed by atoms with van der Waals surface area (Å²) in [6, 6.07) is -0.0843. The van der Waals surface area contributed by atoms with E-state index in [9.17, 15) is 4.79 Å². The van der Waals surface area contributed by atoms with Crippen molar-refractivity contribution in [1.82, 2.24) is 4.90 Å². The highest BCUT2D eigenvalue weighted by atomic mass is 16.7. The molecule has 1 aliphatic heterocycles. The van der Waals surface area contributed by atoms with Crippen LogP contribution in [0, 0.1) is 0 Å². The summed E-state index contributed by atoms with van der Waals surface area (Å²) in [7, 11) is 1.59. The van der Waals surface area contributed by atoms with E-state index in [0.29, 0.717) is 0 Å². The van der Waals surface area contributed by atoms with E-state index in [4.69, 9.17) is 14.2 Å². The topological polar surface area (TPSA) is 48.0 Å². The third-order valence-corrected chi connectivity index (χ3v) is 3.36. The average Bonchev–Trinajstić information content (AvgIpc) is 2.34. The molecule has 0 N–H and O–H groups in total. The van der Waals surface area contributed by atoms with Gasteiger partial charge in [0, 0.05) is 7.11 Å². The predicted molar refractivity (Wildman–Crippen MR) is 77.5 cm³/mol. The minimum Gasteiger partial charge on any atom is -0.444 e. The first-order chi connectivity index (χ1) is 9.30. The van der Waals surface area contributed by atoms with Crippen LogP contribution < -0.4 is 0 Å². The van der Waals surface area contributed by atoms with Crippen LogP contribution in [0.5, 0.6) is 0 Å². The Morgan fingerprint density at radius 1 is 1.40 bits per heavy atom. The normalized spacial score (nSPS) is 27.2. The van der Waals surface area contributed by atoms with Gasteiger partial charge in [-0.3, -0.25) is 4.90 Å². The fraction of sp³-hybridized carbons (Fsp3) is 0.800. The molecular formula is C15H27NO4. The van der Waals surface area contributed by atoms with E-state index < -0.39 is 5.60 Å². The molecular weight excluding hydrogens is 258 g/mol. The summed E-state index contributed by atoms with van der Waals surface area (Å²) >= 11 is 0. The molecule has 3 atom stereocenters. The molecule has 0 aliphatic carbocycles. The van der Waals surface area contributed by atoms with E-state index in [1.54, 1.807) is 18.1 Å². The molecule has 0 aromatic heterocycles. The van der Waals surface area contributed by atoms with Crippen molar-refractivity contribution in [2.75, 3.05) is 13.9 Å². The molecule has 1 aliphatic rings. The summed E-state index contributed by atoms with van der Waals surface area (Å²) in [5.74, 6) is 0. The van der Waals surface area contributed by atoms with Gasteiger partial charge in [0.15, 0.2) is 0 Å². The molecule has 0 saturated carbocycles. The molecule has 1 heterocycles. The zero-order chi connectivity index (χ0) is 15.3. The summed E-state index contributed by atoms with van der Waals surface area (Å²) in [4.78, 5) is 14.1. The second kappa shape index (κ2) is 7.09. The Morgan fingerprint density at radius 2 is 2.05 bits per heavy atom. The SMILES string of the molecule is C=C[C@H]1CC[C@@H](OCOC)[C@@H](C)N1C(=O)OC(C)(C)C. The van der Waals surface area contributed by atoms with Gasteiger partial charge in [0.1, 0.15) is 12.4 Å². The van der Waals surface area contributed by atoms with Gasteiger partial charge in [0.25, 0.3) is 0 Å². The number of methoxy groups -OCH3 is 1. The van der Waals surface area contributed by atoms with Crippen molar-refractivity contribution in [2.45, 2.75) is 64.3 Å². The van der Waals surface area contributed by atoms with E-state index in [0.717, 1.165) is 12.8 Å². The first kappa shape index (κ1) is 17.0. The van der Waals surface area contributed by atoms with Gasteiger partial charge in [0.05, 0.1) is 18.2 Å². The molecule has 0 aromatic carbocycles. The lowest BCUT2D eigenvalue weighted by Gasteiger charge is -2.43. The van der Waals surface area contributed by atoms with Crippen molar-refractivity contribution in [3.8, 4) is 0 Å². The molecule has 0 aromatic rings. The lowest BCUT2D eigenvalue weighted by atomic mass is 9.94. The van der Waals surface area contributed by atoms with Crippen molar-refractivity contribution in [2.24, 2.45) is 0 Å². The molecule has 1 fully saturated rings. The zero-order valence-corrected chi connectivity index (χ0v) is 13.2. The molecule has 20 heavy (non-hydrogen) atoms. The molecule has 5 heteroatoms. The number of carbonyl (C=O) groups excluding carboxylic acids is 1. The number of carbonyl (C=O) groups is 1. The second-order valence-corrected chi connectivity index (χ2v) is 6.12. The summed E-state index contributed by atoms with van der Waals surface area (Å²) in [5.41, 5.74) is -0.511. The molecule has 0 bridgehead atoms. The molecule has 1 saturated heterocycles. The maximum atomic E-state index is 12.4. The fourth-order valence-corrected chi connectivity index (χ4v) is 2.42. The van der Waals surface area contributed by atoms with Crippen LogP contribution in [0.15, 0.2) is 12.7 Å². The van der Waals surface area contributed by atoms with Crippen LogP contribution in [-0.4, -0.2) is 48.7 Å². The minimum absolute atomic E-state index is 0.0118. The first-order valence-corrected chi connectivity index (χ1v) is 7.04. The fourth-order valence-electron chi connectivity index (χ4n) is 2.42. The Kier molecular flexibility index (Phi) is 6.02. The van der Waals surface area contributed by atoms with Crippen LogP contribution in [0.3, 0.4) is 0 Å². The van der Waals surface area contributed by atoms with Crippen molar-refractivity contribution in [3.05, 3.63) is 12.7 Å². The molecule has 0 spiro atoms. The largest absolute Gasteiger partial charge is 0.444 e. The molecule has 0 unspecified atom stereocenters. The van der Waals surface area contributed by atoms with Gasteiger partial charge in [-0.2, -0.15) is 0 Å².